The Kier molecular flexibility index (Phi) is 7.39. The largest absolute Gasteiger partial charge is 0.478 e. The summed E-state index contributed by atoms with van der Waals surface area (Å²) >= 11 is 0. The highest BCUT2D eigenvalue weighted by atomic mass is 16.4. The van der Waals surface area contributed by atoms with E-state index in [0.29, 0.717) is 39.9 Å². The van der Waals surface area contributed by atoms with Crippen molar-refractivity contribution >= 4 is 17.3 Å². The van der Waals surface area contributed by atoms with E-state index in [2.05, 4.69) is 46.0 Å². The van der Waals surface area contributed by atoms with E-state index in [0.717, 1.165) is 37.3 Å². The monoisotopic (exact) mass is 573 g/mol. The summed E-state index contributed by atoms with van der Waals surface area (Å²) < 4.78 is 0. The number of carbonyl (C=O) groups excluding carboxylic acids is 1. The van der Waals surface area contributed by atoms with E-state index in [1.54, 1.807) is 19.1 Å². The van der Waals surface area contributed by atoms with Crippen LogP contribution in [0.5, 0.6) is 0 Å². The molecule has 7 unspecified atom stereocenters. The number of carbonyl (C=O) groups is 2. The lowest BCUT2D eigenvalue weighted by atomic mass is 9.32. The predicted octanol–water partition coefficient (Wildman–Crippen LogP) is 8.80. The average molecular weight is 574 g/mol. The molecule has 8 atom stereocenters. The summed E-state index contributed by atoms with van der Waals surface area (Å²) in [6, 6.07) is 7.61. The van der Waals surface area contributed by atoms with Gasteiger partial charge in [0, 0.05) is 19.5 Å². The topological polar surface area (TPSA) is 66.4 Å². The second kappa shape index (κ2) is 10.3. The second-order valence-electron chi connectivity index (χ2n) is 16.6. The molecule has 6 rings (SSSR count). The van der Waals surface area contributed by atoms with Crippen LogP contribution in [0.2, 0.25) is 0 Å². The smallest absolute Gasteiger partial charge is 0.335 e. The molecule has 4 heteroatoms. The quantitative estimate of drug-likeness (QED) is 0.320. The number of hydrogen-bond acceptors (Lipinski definition) is 3. The molecule has 1 aromatic carbocycles. The van der Waals surface area contributed by atoms with Crippen molar-refractivity contribution in [3.8, 4) is 0 Å². The average Bonchev–Trinajstić information content (AvgIpc) is 3.35. The third-order valence-corrected chi connectivity index (χ3v) is 14.7. The van der Waals surface area contributed by atoms with Gasteiger partial charge < -0.3 is 10.4 Å². The van der Waals surface area contributed by atoms with Gasteiger partial charge in [-0.1, -0.05) is 59.2 Å². The molecule has 5 aliphatic rings. The van der Waals surface area contributed by atoms with Crippen molar-refractivity contribution in [1.82, 2.24) is 5.32 Å². The number of aromatic carboxylic acids is 1. The van der Waals surface area contributed by atoms with E-state index in [1.807, 2.05) is 12.1 Å². The molecule has 0 spiro atoms. The van der Waals surface area contributed by atoms with Gasteiger partial charge in [-0.05, 0) is 139 Å². The molecule has 230 valence electrons. The Morgan fingerprint density at radius 1 is 0.857 bits per heavy atom. The molecule has 1 aromatic rings. The zero-order valence-electron chi connectivity index (χ0n) is 27.2. The summed E-state index contributed by atoms with van der Waals surface area (Å²) in [5, 5.41) is 13.2. The maximum Gasteiger partial charge on any atom is 0.335 e. The van der Waals surface area contributed by atoms with E-state index < -0.39 is 5.97 Å². The van der Waals surface area contributed by atoms with Crippen molar-refractivity contribution in [2.24, 2.45) is 50.7 Å². The number of carboxylic acids is 1. The normalized spacial score (nSPS) is 42.0. The predicted molar refractivity (Wildman–Crippen MR) is 170 cm³/mol. The lowest BCUT2D eigenvalue weighted by Crippen LogP contribution is -2.65. The van der Waals surface area contributed by atoms with Crippen molar-refractivity contribution in [1.29, 1.82) is 0 Å². The highest BCUT2D eigenvalue weighted by molar-refractivity contribution is 5.88. The van der Waals surface area contributed by atoms with E-state index in [9.17, 15) is 14.7 Å². The molecule has 0 bridgehead atoms. The highest BCUT2D eigenvalue weighted by Crippen LogP contribution is 2.77. The van der Waals surface area contributed by atoms with Crippen LogP contribution in [0.15, 0.2) is 30.3 Å². The van der Waals surface area contributed by atoms with E-state index in [4.69, 9.17) is 0 Å². The van der Waals surface area contributed by atoms with Crippen LogP contribution in [0, 0.1) is 50.7 Å². The molecular formula is C38H55NO3. The van der Waals surface area contributed by atoms with Gasteiger partial charge in [0.1, 0.15) is 5.78 Å². The molecule has 2 N–H and O–H groups in total. The number of Topliss-reactive ketones (excluding diaryl/α,β-unsaturated/α-hetero) is 1. The minimum atomic E-state index is -0.858. The molecule has 4 nitrogen and oxygen atoms in total. The van der Waals surface area contributed by atoms with E-state index in [-0.39, 0.29) is 10.8 Å². The standard InChI is InChI=1S/C38H55NO3/c1-25(40)17-23-39-24-38-18-7-8-30(38)29-13-14-32-35(4)19-15-28(26-9-11-27(12-10-26)33(41)42)34(2,3)31(35)16-20-37(32,6)36(29,5)21-22-38/h9-12,15,29-32,39H,7-8,13-14,16-24H2,1-6H3,(H,41,42)/t29?,30?,31?,32?,35?,36-,37?,38?/m1/s1. The Morgan fingerprint density at radius 2 is 1.60 bits per heavy atom. The maximum atomic E-state index is 11.5. The summed E-state index contributed by atoms with van der Waals surface area (Å²) in [4.78, 5) is 23.0. The van der Waals surface area contributed by atoms with Crippen molar-refractivity contribution in [2.75, 3.05) is 13.1 Å². The number of rotatable bonds is 7. The van der Waals surface area contributed by atoms with Crippen molar-refractivity contribution in [2.45, 2.75) is 112 Å². The van der Waals surface area contributed by atoms with Crippen LogP contribution in [0.3, 0.4) is 0 Å². The van der Waals surface area contributed by atoms with Gasteiger partial charge in [-0.25, -0.2) is 4.79 Å². The first-order valence-corrected chi connectivity index (χ1v) is 17.0. The molecule has 0 amide bonds. The number of fused-ring (bicyclic) bond motifs is 7. The first-order valence-electron chi connectivity index (χ1n) is 17.0. The minimum absolute atomic E-state index is 0.0511. The fourth-order valence-corrected chi connectivity index (χ4v) is 12.5. The Labute approximate surface area is 254 Å². The summed E-state index contributed by atoms with van der Waals surface area (Å²) in [6.45, 7) is 16.7. The fraction of sp³-hybridized carbons (Fsp3) is 0.737. The van der Waals surface area contributed by atoms with Crippen LogP contribution in [0.4, 0.5) is 0 Å². The van der Waals surface area contributed by atoms with Crippen molar-refractivity contribution in [3.05, 3.63) is 41.5 Å². The minimum Gasteiger partial charge on any atom is -0.478 e. The summed E-state index contributed by atoms with van der Waals surface area (Å²) in [7, 11) is 0. The Bertz CT molecular complexity index is 1260. The second-order valence-corrected chi connectivity index (χ2v) is 16.6. The van der Waals surface area contributed by atoms with Gasteiger partial charge in [0.2, 0.25) is 0 Å². The summed E-state index contributed by atoms with van der Waals surface area (Å²) in [5.41, 5.74) is 4.50. The van der Waals surface area contributed by atoms with Crippen LogP contribution in [-0.4, -0.2) is 29.9 Å². The molecule has 0 radical (unpaired) electrons. The molecule has 0 heterocycles. The molecule has 0 aromatic heterocycles. The zero-order valence-corrected chi connectivity index (χ0v) is 27.2. The Balaban J connectivity index is 1.27. The molecule has 4 fully saturated rings. The third kappa shape index (κ3) is 4.32. The van der Waals surface area contributed by atoms with Gasteiger partial charge in [0.25, 0.3) is 0 Å². The van der Waals surface area contributed by atoms with Crippen LogP contribution >= 0.6 is 0 Å². The molecule has 0 saturated heterocycles. The van der Waals surface area contributed by atoms with Crippen LogP contribution in [0.25, 0.3) is 5.57 Å². The van der Waals surface area contributed by atoms with Crippen LogP contribution in [0.1, 0.15) is 128 Å². The lowest BCUT2D eigenvalue weighted by molar-refractivity contribution is -0.222. The molecule has 4 saturated carbocycles. The molecule has 0 aliphatic heterocycles. The Hall–Kier alpha value is -1.94. The third-order valence-electron chi connectivity index (χ3n) is 14.7. The van der Waals surface area contributed by atoms with Gasteiger partial charge in [0.15, 0.2) is 0 Å². The van der Waals surface area contributed by atoms with E-state index in [1.165, 1.54) is 68.9 Å². The van der Waals surface area contributed by atoms with Crippen LogP contribution in [-0.2, 0) is 4.79 Å². The number of ketones is 1. The first kappa shape index (κ1) is 30.1. The van der Waals surface area contributed by atoms with Crippen molar-refractivity contribution < 1.29 is 14.7 Å². The van der Waals surface area contributed by atoms with Crippen LogP contribution < -0.4 is 5.32 Å². The summed E-state index contributed by atoms with van der Waals surface area (Å²) in [5.74, 6) is 2.44. The van der Waals surface area contributed by atoms with Crippen molar-refractivity contribution in [3.63, 3.8) is 0 Å². The number of hydrogen-bond donors (Lipinski definition) is 2. The van der Waals surface area contributed by atoms with Gasteiger partial charge in [0.05, 0.1) is 5.56 Å². The number of carboxylic acid groups (broad SMARTS) is 1. The number of nitrogens with one attached hydrogen (secondary N) is 1. The highest BCUT2D eigenvalue weighted by Gasteiger charge is 2.69. The maximum absolute atomic E-state index is 11.5. The first-order chi connectivity index (χ1) is 19.8. The molecule has 42 heavy (non-hydrogen) atoms. The molecule has 5 aliphatic carbocycles. The lowest BCUT2D eigenvalue weighted by Gasteiger charge is -2.72. The molecular weight excluding hydrogens is 518 g/mol. The fourth-order valence-electron chi connectivity index (χ4n) is 12.5. The number of benzene rings is 1. The van der Waals surface area contributed by atoms with Gasteiger partial charge >= 0.3 is 5.97 Å². The van der Waals surface area contributed by atoms with Gasteiger partial charge in [-0.2, -0.15) is 0 Å². The van der Waals surface area contributed by atoms with Gasteiger partial charge in [-0.3, -0.25) is 4.79 Å². The Morgan fingerprint density at radius 3 is 2.29 bits per heavy atom. The van der Waals surface area contributed by atoms with Gasteiger partial charge in [-0.15, -0.1) is 0 Å². The summed E-state index contributed by atoms with van der Waals surface area (Å²) in [6.07, 6.45) is 16.5. The van der Waals surface area contributed by atoms with E-state index >= 15 is 0 Å². The number of allylic oxidation sites excluding steroid dienone is 2. The zero-order chi connectivity index (χ0) is 30.1. The SMILES string of the molecule is CC(=O)CCNCC12CCCC1C1CCC3C4(C)CC=C(c5ccc(C(=O)O)cc5)C(C)(C)C4CCC3(C)[C@]1(C)CC2.